The van der Waals surface area contributed by atoms with Crippen LogP contribution in [0.3, 0.4) is 0 Å². The summed E-state index contributed by atoms with van der Waals surface area (Å²) in [5.74, 6) is 0. The second-order valence-electron chi connectivity index (χ2n) is 7.54. The fourth-order valence-corrected chi connectivity index (χ4v) is 6.27. The first kappa shape index (κ1) is 17.8. The third kappa shape index (κ3) is 2.77. The van der Waals surface area contributed by atoms with Crippen LogP contribution in [-0.2, 0) is 6.42 Å². The maximum Gasteiger partial charge on any atom is 0.271 e. The molecule has 0 radical (unpaired) electrons. The Kier molecular flexibility index (Phi) is 4.18. The molecule has 0 saturated carbocycles. The van der Waals surface area contributed by atoms with E-state index in [1.807, 2.05) is 41.0 Å². The molecule has 0 saturated heterocycles. The zero-order valence-corrected chi connectivity index (χ0v) is 17.7. The Morgan fingerprint density at radius 1 is 0.967 bits per heavy atom. The highest BCUT2D eigenvalue weighted by molar-refractivity contribution is 7.10. The van der Waals surface area contributed by atoms with Crippen molar-refractivity contribution in [2.45, 2.75) is 18.9 Å². The van der Waals surface area contributed by atoms with Gasteiger partial charge in [0.1, 0.15) is 0 Å². The number of allylic oxidation sites excluding steroid dienone is 1. The molecule has 0 unspecified atom stereocenters. The zero-order valence-electron chi connectivity index (χ0n) is 16.1. The Morgan fingerprint density at radius 3 is 2.63 bits per heavy atom. The van der Waals surface area contributed by atoms with Crippen LogP contribution < -0.4 is 14.9 Å². The molecular formula is C25H18N2OS2. The van der Waals surface area contributed by atoms with Gasteiger partial charge in [0, 0.05) is 10.4 Å². The molecule has 6 rings (SSSR count). The molecule has 1 aliphatic carbocycles. The van der Waals surface area contributed by atoms with E-state index < -0.39 is 0 Å². The van der Waals surface area contributed by atoms with Crippen LogP contribution in [0.4, 0.5) is 0 Å². The van der Waals surface area contributed by atoms with Crippen LogP contribution in [0.25, 0.3) is 11.8 Å². The summed E-state index contributed by atoms with van der Waals surface area (Å²) in [4.78, 5) is 20.5. The first-order valence-corrected chi connectivity index (χ1v) is 11.7. The van der Waals surface area contributed by atoms with Crippen molar-refractivity contribution in [3.63, 3.8) is 0 Å². The maximum absolute atomic E-state index is 13.5. The first-order chi connectivity index (χ1) is 14.8. The van der Waals surface area contributed by atoms with Gasteiger partial charge in [0.05, 0.1) is 16.3 Å². The van der Waals surface area contributed by atoms with Crippen LogP contribution in [0, 0.1) is 0 Å². The molecular weight excluding hydrogens is 408 g/mol. The highest BCUT2D eigenvalue weighted by Crippen LogP contribution is 2.42. The maximum atomic E-state index is 13.5. The van der Waals surface area contributed by atoms with E-state index in [-0.39, 0.29) is 11.6 Å². The van der Waals surface area contributed by atoms with Crippen LogP contribution in [0.5, 0.6) is 0 Å². The van der Waals surface area contributed by atoms with E-state index in [2.05, 4.69) is 41.8 Å². The van der Waals surface area contributed by atoms with Crippen LogP contribution in [-0.4, -0.2) is 4.57 Å². The molecule has 0 N–H and O–H groups in total. The number of hydrogen-bond acceptors (Lipinski definition) is 4. The van der Waals surface area contributed by atoms with Crippen molar-refractivity contribution in [1.82, 2.24) is 4.57 Å². The lowest BCUT2D eigenvalue weighted by molar-refractivity contribution is 0.593. The average molecular weight is 427 g/mol. The molecule has 3 nitrogen and oxygen atoms in total. The molecule has 146 valence electrons. The van der Waals surface area contributed by atoms with E-state index in [1.165, 1.54) is 32.9 Å². The highest BCUT2D eigenvalue weighted by Gasteiger charge is 2.32. The van der Waals surface area contributed by atoms with Crippen molar-refractivity contribution in [3.8, 4) is 0 Å². The third-order valence-corrected chi connectivity index (χ3v) is 7.69. The molecule has 4 aromatic rings. The van der Waals surface area contributed by atoms with Gasteiger partial charge >= 0.3 is 0 Å². The van der Waals surface area contributed by atoms with Crippen molar-refractivity contribution < 1.29 is 0 Å². The summed E-state index contributed by atoms with van der Waals surface area (Å²) in [6.45, 7) is 0. The van der Waals surface area contributed by atoms with E-state index >= 15 is 0 Å². The predicted octanol–water partition coefficient (Wildman–Crippen LogP) is 4.38. The molecule has 0 fully saturated rings. The van der Waals surface area contributed by atoms with Crippen LogP contribution in [0.15, 0.2) is 87.5 Å². The van der Waals surface area contributed by atoms with Gasteiger partial charge in [-0.25, -0.2) is 4.99 Å². The number of fused-ring (bicyclic) bond motifs is 3. The van der Waals surface area contributed by atoms with Gasteiger partial charge in [-0.3, -0.25) is 9.36 Å². The molecule has 0 amide bonds. The van der Waals surface area contributed by atoms with E-state index in [9.17, 15) is 4.79 Å². The molecule has 2 aliphatic rings. The fraction of sp³-hybridized carbons (Fsp3) is 0.120. The Morgan fingerprint density at radius 2 is 1.80 bits per heavy atom. The third-order valence-electron chi connectivity index (χ3n) is 5.78. The SMILES string of the molecule is O=c1/c(=C/c2ccccc2)sc2n1[C@H](c1cccs1)C1=C(N=2)c2ccccc2CC1. The van der Waals surface area contributed by atoms with Gasteiger partial charge in [0.15, 0.2) is 4.80 Å². The number of thiazole rings is 1. The number of rotatable bonds is 2. The standard InChI is InChI=1S/C25H18N2OS2/c28-24-21(15-16-7-2-1-3-8-16)30-25-26-22-18-10-5-4-9-17(18)12-13-19(22)23(27(24)25)20-11-6-14-29-20/h1-11,14-15,23H,12-13H2/b21-15-/t23-/m0/s1. The molecule has 30 heavy (non-hydrogen) atoms. The molecule has 5 heteroatoms. The summed E-state index contributed by atoms with van der Waals surface area (Å²) in [6.07, 6.45) is 3.90. The molecule has 2 aromatic carbocycles. The number of nitrogens with zero attached hydrogens (tertiary/aromatic N) is 2. The molecule has 1 aliphatic heterocycles. The van der Waals surface area contributed by atoms with Gasteiger partial charge in [0.25, 0.3) is 5.56 Å². The average Bonchev–Trinajstić information content (AvgIpc) is 3.42. The number of aromatic nitrogens is 1. The van der Waals surface area contributed by atoms with Crippen LogP contribution >= 0.6 is 22.7 Å². The van der Waals surface area contributed by atoms with E-state index in [0.29, 0.717) is 0 Å². The fourth-order valence-electron chi connectivity index (χ4n) is 4.42. The van der Waals surface area contributed by atoms with Gasteiger partial charge in [-0.1, -0.05) is 72.0 Å². The van der Waals surface area contributed by atoms with Gasteiger partial charge in [-0.15, -0.1) is 11.3 Å². The minimum atomic E-state index is -0.0671. The second-order valence-corrected chi connectivity index (χ2v) is 9.53. The van der Waals surface area contributed by atoms with Crippen molar-refractivity contribution in [1.29, 1.82) is 0 Å². The number of thiophene rings is 1. The van der Waals surface area contributed by atoms with Gasteiger partial charge in [-0.2, -0.15) is 0 Å². The lowest BCUT2D eigenvalue weighted by atomic mass is 9.85. The van der Waals surface area contributed by atoms with Crippen LogP contribution in [0.1, 0.15) is 34.0 Å². The normalized spacial score (nSPS) is 17.9. The minimum Gasteiger partial charge on any atom is -0.271 e. The summed E-state index contributed by atoms with van der Waals surface area (Å²) in [5.41, 5.74) is 5.95. The Labute approximate surface area is 181 Å². The lowest BCUT2D eigenvalue weighted by Crippen LogP contribution is -2.38. The van der Waals surface area contributed by atoms with Crippen molar-refractivity contribution in [2.24, 2.45) is 4.99 Å². The van der Waals surface area contributed by atoms with Gasteiger partial charge < -0.3 is 0 Å². The van der Waals surface area contributed by atoms with Crippen LogP contribution in [0.2, 0.25) is 0 Å². The van der Waals surface area contributed by atoms with E-state index in [0.717, 1.165) is 33.4 Å². The topological polar surface area (TPSA) is 34.4 Å². The van der Waals surface area contributed by atoms with E-state index in [1.54, 1.807) is 11.3 Å². The largest absolute Gasteiger partial charge is 0.271 e. The number of aryl methyl sites for hydroxylation is 1. The molecule has 3 heterocycles. The summed E-state index contributed by atoms with van der Waals surface area (Å²) < 4.78 is 2.65. The van der Waals surface area contributed by atoms with Gasteiger partial charge in [-0.05, 0) is 47.1 Å². The smallest absolute Gasteiger partial charge is 0.271 e. The Balaban J connectivity index is 1.64. The van der Waals surface area contributed by atoms with Crippen molar-refractivity contribution in [2.75, 3.05) is 0 Å². The Hall–Kier alpha value is -3.02. The quantitative estimate of drug-likeness (QED) is 0.468. The Bertz CT molecular complexity index is 1460. The highest BCUT2D eigenvalue weighted by atomic mass is 32.1. The zero-order chi connectivity index (χ0) is 20.1. The first-order valence-electron chi connectivity index (χ1n) is 10.0. The molecule has 0 spiro atoms. The summed E-state index contributed by atoms with van der Waals surface area (Å²) in [7, 11) is 0. The summed E-state index contributed by atoms with van der Waals surface area (Å²) in [5, 5.41) is 2.09. The lowest BCUT2D eigenvalue weighted by Gasteiger charge is -2.30. The summed E-state index contributed by atoms with van der Waals surface area (Å²) >= 11 is 3.20. The molecule has 0 bridgehead atoms. The monoisotopic (exact) mass is 426 g/mol. The molecule has 1 atom stereocenters. The van der Waals surface area contributed by atoms with Crippen molar-refractivity contribution in [3.05, 3.63) is 119 Å². The molecule has 2 aromatic heterocycles. The van der Waals surface area contributed by atoms with Gasteiger partial charge in [0.2, 0.25) is 0 Å². The number of benzene rings is 2. The second kappa shape index (κ2) is 7.04. The minimum absolute atomic E-state index is 0.0476. The van der Waals surface area contributed by atoms with E-state index in [4.69, 9.17) is 4.99 Å². The van der Waals surface area contributed by atoms with Crippen molar-refractivity contribution >= 4 is 34.4 Å². The predicted molar refractivity (Wildman–Crippen MR) is 124 cm³/mol. The summed E-state index contributed by atoms with van der Waals surface area (Å²) in [6, 6.07) is 22.7. The number of hydrogen-bond donors (Lipinski definition) is 0.